The number of hydrogen-bond donors (Lipinski definition) is 0. The summed E-state index contributed by atoms with van der Waals surface area (Å²) in [5, 5.41) is 0. The van der Waals surface area contributed by atoms with Crippen LogP contribution in [-0.2, 0) is 5.92 Å². The lowest BCUT2D eigenvalue weighted by molar-refractivity contribution is 0.00726. The normalized spacial score (nSPS) is 13.9. The molecule has 30 heavy (non-hydrogen) atoms. The van der Waals surface area contributed by atoms with Gasteiger partial charge in [0.15, 0.2) is 5.82 Å². The fourth-order valence-corrected chi connectivity index (χ4v) is 3.46. The van der Waals surface area contributed by atoms with E-state index in [9.17, 15) is 13.2 Å². The van der Waals surface area contributed by atoms with E-state index in [0.29, 0.717) is 17.0 Å². The van der Waals surface area contributed by atoms with Crippen LogP contribution >= 0.6 is 9.24 Å². The third-order valence-electron chi connectivity index (χ3n) is 4.58. The Bertz CT molecular complexity index is 1180. The molecule has 3 nitrogen and oxygen atoms in total. The third kappa shape index (κ3) is 4.19. The molecule has 0 aliphatic carbocycles. The maximum absolute atomic E-state index is 14.3. The summed E-state index contributed by atoms with van der Waals surface area (Å²) < 4.78 is 48.9. The van der Waals surface area contributed by atoms with Crippen molar-refractivity contribution in [2.75, 3.05) is 0 Å². The summed E-state index contributed by atoms with van der Waals surface area (Å²) in [6, 6.07) is 19.7. The van der Waals surface area contributed by atoms with E-state index in [1.54, 1.807) is 36.5 Å². The third-order valence-corrected chi connectivity index (χ3v) is 4.70. The van der Waals surface area contributed by atoms with Crippen molar-refractivity contribution in [3.05, 3.63) is 78.8 Å². The van der Waals surface area contributed by atoms with Gasteiger partial charge in [0.25, 0.3) is 5.60 Å². The SMILES string of the molecule is CC(F)(P)Oc1ccc(-c2ccc3c(-c4ccccc4)nc(C(C)(F)F)n3c2)cc1. The predicted molar refractivity (Wildman–Crippen MR) is 115 cm³/mol. The number of hydrogen-bond acceptors (Lipinski definition) is 2. The number of aromatic nitrogens is 2. The van der Waals surface area contributed by atoms with Crippen molar-refractivity contribution in [3.8, 4) is 28.1 Å². The van der Waals surface area contributed by atoms with Crippen molar-refractivity contribution in [1.29, 1.82) is 0 Å². The minimum Gasteiger partial charge on any atom is -0.455 e. The van der Waals surface area contributed by atoms with Crippen molar-refractivity contribution >= 4 is 14.8 Å². The quantitative estimate of drug-likeness (QED) is 0.332. The zero-order valence-electron chi connectivity index (χ0n) is 16.4. The standard InChI is InChI=1S/C23H20F3N2OP/c1-22(24,25)21-27-20(16-6-4-3-5-7-16)19-13-10-17(14-28(19)21)15-8-11-18(12-9-15)29-23(2,26)30/h3-14H,30H2,1-2H3. The van der Waals surface area contributed by atoms with Crippen molar-refractivity contribution < 1.29 is 17.9 Å². The molecule has 154 valence electrons. The number of imidazole rings is 1. The first-order valence-electron chi connectivity index (χ1n) is 9.35. The second kappa shape index (κ2) is 7.44. The van der Waals surface area contributed by atoms with Gasteiger partial charge in [-0.3, -0.25) is 4.40 Å². The van der Waals surface area contributed by atoms with Crippen LogP contribution in [0.15, 0.2) is 72.9 Å². The summed E-state index contributed by atoms with van der Waals surface area (Å²) in [7, 11) is 1.97. The van der Waals surface area contributed by atoms with E-state index in [1.165, 1.54) is 11.3 Å². The van der Waals surface area contributed by atoms with Crippen LogP contribution in [0.1, 0.15) is 19.7 Å². The first-order chi connectivity index (χ1) is 14.1. The molecule has 0 radical (unpaired) electrons. The molecule has 2 atom stereocenters. The molecular formula is C23H20F3N2OP. The molecule has 2 aromatic heterocycles. The predicted octanol–water partition coefficient (Wildman–Crippen LogP) is 6.68. The summed E-state index contributed by atoms with van der Waals surface area (Å²) >= 11 is 0. The molecule has 0 fully saturated rings. The van der Waals surface area contributed by atoms with Gasteiger partial charge >= 0.3 is 5.92 Å². The first kappa shape index (κ1) is 20.4. The Hall–Kier alpha value is -2.85. The molecule has 0 saturated heterocycles. The highest BCUT2D eigenvalue weighted by Gasteiger charge is 2.31. The molecule has 0 bridgehead atoms. The van der Waals surface area contributed by atoms with Crippen molar-refractivity contribution in [2.45, 2.75) is 25.4 Å². The fraction of sp³-hybridized carbons (Fsp3) is 0.174. The van der Waals surface area contributed by atoms with Crippen LogP contribution in [0.2, 0.25) is 0 Å². The fourth-order valence-electron chi connectivity index (χ4n) is 3.32. The summed E-state index contributed by atoms with van der Waals surface area (Å²) in [5.74, 6) is -3.07. The zero-order valence-corrected chi connectivity index (χ0v) is 17.6. The average molecular weight is 428 g/mol. The highest BCUT2D eigenvalue weighted by molar-refractivity contribution is 7.18. The van der Waals surface area contributed by atoms with Gasteiger partial charge in [-0.1, -0.05) is 57.8 Å². The number of pyridine rings is 1. The Balaban J connectivity index is 1.80. The van der Waals surface area contributed by atoms with E-state index < -0.39 is 11.5 Å². The van der Waals surface area contributed by atoms with Gasteiger partial charge in [0.1, 0.15) is 5.75 Å². The Kier molecular flexibility index (Phi) is 5.07. The van der Waals surface area contributed by atoms with Crippen LogP contribution in [0.4, 0.5) is 13.2 Å². The van der Waals surface area contributed by atoms with Crippen molar-refractivity contribution in [3.63, 3.8) is 0 Å². The maximum Gasteiger partial charge on any atom is 0.302 e. The minimum atomic E-state index is -3.11. The summed E-state index contributed by atoms with van der Waals surface area (Å²) in [5.41, 5.74) is 1.51. The molecule has 0 spiro atoms. The molecule has 4 aromatic rings. The lowest BCUT2D eigenvalue weighted by Gasteiger charge is -2.17. The van der Waals surface area contributed by atoms with Crippen LogP contribution in [0.25, 0.3) is 27.9 Å². The monoisotopic (exact) mass is 428 g/mol. The van der Waals surface area contributed by atoms with Gasteiger partial charge in [0.2, 0.25) is 0 Å². The molecular weight excluding hydrogens is 408 g/mol. The molecule has 0 aliphatic heterocycles. The van der Waals surface area contributed by atoms with E-state index in [0.717, 1.165) is 23.6 Å². The van der Waals surface area contributed by atoms with Gasteiger partial charge in [-0.15, -0.1) is 0 Å². The molecule has 0 N–H and O–H groups in total. The number of benzene rings is 2. The number of nitrogens with zero attached hydrogens (tertiary/aromatic N) is 2. The highest BCUT2D eigenvalue weighted by atomic mass is 31.0. The van der Waals surface area contributed by atoms with E-state index in [2.05, 4.69) is 4.98 Å². The number of halogens is 3. The van der Waals surface area contributed by atoms with Crippen molar-refractivity contribution in [2.24, 2.45) is 0 Å². The van der Waals surface area contributed by atoms with Crippen LogP contribution in [0.3, 0.4) is 0 Å². The molecule has 2 unspecified atom stereocenters. The second-order valence-electron chi connectivity index (χ2n) is 7.32. The molecule has 0 aliphatic rings. The van der Waals surface area contributed by atoms with Gasteiger partial charge < -0.3 is 4.74 Å². The first-order valence-corrected chi connectivity index (χ1v) is 9.93. The molecule has 2 heterocycles. The second-order valence-corrected chi connectivity index (χ2v) is 8.36. The maximum atomic E-state index is 14.3. The Morgan fingerprint density at radius 2 is 1.47 bits per heavy atom. The molecule has 2 aromatic carbocycles. The topological polar surface area (TPSA) is 26.5 Å². The lowest BCUT2D eigenvalue weighted by Crippen LogP contribution is -2.16. The largest absolute Gasteiger partial charge is 0.455 e. The van der Waals surface area contributed by atoms with Gasteiger partial charge in [0.05, 0.1) is 11.2 Å². The number of ether oxygens (including phenoxy) is 1. The number of alkyl halides is 3. The van der Waals surface area contributed by atoms with Gasteiger partial charge in [-0.2, -0.15) is 13.2 Å². The molecule has 7 heteroatoms. The van der Waals surface area contributed by atoms with E-state index >= 15 is 0 Å². The number of rotatable bonds is 5. The Morgan fingerprint density at radius 3 is 2.07 bits per heavy atom. The van der Waals surface area contributed by atoms with E-state index in [-0.39, 0.29) is 5.82 Å². The highest BCUT2D eigenvalue weighted by Crippen LogP contribution is 2.34. The number of fused-ring (bicyclic) bond motifs is 1. The van der Waals surface area contributed by atoms with E-state index in [4.69, 9.17) is 4.74 Å². The Morgan fingerprint density at radius 1 is 0.833 bits per heavy atom. The summed E-state index contributed by atoms with van der Waals surface area (Å²) in [6.45, 7) is 2.13. The summed E-state index contributed by atoms with van der Waals surface area (Å²) in [6.07, 6.45) is 1.65. The average Bonchev–Trinajstić information content (AvgIpc) is 3.07. The van der Waals surface area contributed by atoms with Crippen molar-refractivity contribution in [1.82, 2.24) is 9.38 Å². The van der Waals surface area contributed by atoms with Gasteiger partial charge in [-0.05, 0) is 29.3 Å². The zero-order chi connectivity index (χ0) is 21.5. The van der Waals surface area contributed by atoms with Crippen LogP contribution in [0.5, 0.6) is 5.75 Å². The van der Waals surface area contributed by atoms with Crippen LogP contribution in [0, 0.1) is 0 Å². The smallest absolute Gasteiger partial charge is 0.302 e. The summed E-state index contributed by atoms with van der Waals surface area (Å²) in [4.78, 5) is 4.27. The van der Waals surface area contributed by atoms with Gasteiger partial charge in [-0.25, -0.2) is 4.98 Å². The molecule has 0 amide bonds. The Labute approximate surface area is 174 Å². The minimum absolute atomic E-state index is 0.325. The van der Waals surface area contributed by atoms with E-state index in [1.807, 2.05) is 45.6 Å². The molecule has 0 saturated carbocycles. The van der Waals surface area contributed by atoms with Crippen LogP contribution < -0.4 is 4.74 Å². The van der Waals surface area contributed by atoms with Gasteiger partial charge in [0, 0.05) is 25.6 Å². The lowest BCUT2D eigenvalue weighted by atomic mass is 10.1. The van der Waals surface area contributed by atoms with Crippen LogP contribution in [-0.4, -0.2) is 15.0 Å². The molecule has 4 rings (SSSR count).